The van der Waals surface area contributed by atoms with Crippen LogP contribution in [-0.2, 0) is 16.1 Å². The van der Waals surface area contributed by atoms with Gasteiger partial charge in [-0.25, -0.2) is 0 Å². The van der Waals surface area contributed by atoms with Crippen LogP contribution >= 0.6 is 43.2 Å². The topological polar surface area (TPSA) is 26.3 Å². The Morgan fingerprint density at radius 3 is 2.68 bits per heavy atom. The highest BCUT2D eigenvalue weighted by Crippen LogP contribution is 2.60. The Morgan fingerprint density at radius 2 is 2.04 bits per heavy atom. The summed E-state index contributed by atoms with van der Waals surface area (Å²) in [7, 11) is 0. The van der Waals surface area contributed by atoms with Crippen molar-refractivity contribution in [2.75, 3.05) is 0 Å². The maximum Gasteiger partial charge on any atom is 0.310 e. The molecule has 1 fully saturated rings. The van der Waals surface area contributed by atoms with Crippen LogP contribution in [0.4, 0.5) is 0 Å². The molecule has 0 saturated heterocycles. The number of allylic oxidation sites excluding steroid dienone is 1. The monoisotopic (exact) mass is 482 g/mol. The van der Waals surface area contributed by atoms with Gasteiger partial charge in [0.25, 0.3) is 0 Å². The molecule has 0 bridgehead atoms. The average molecular weight is 484 g/mol. The molecule has 2 aromatic rings. The molecule has 2 atom stereocenters. The molecule has 1 aromatic carbocycles. The fourth-order valence-corrected chi connectivity index (χ4v) is 4.73. The lowest BCUT2D eigenvalue weighted by Crippen LogP contribution is -2.11. The predicted octanol–water partition coefficient (Wildman–Crippen LogP) is 6.67. The van der Waals surface area contributed by atoms with E-state index in [1.54, 1.807) is 11.3 Å². The number of esters is 1. The Morgan fingerprint density at radius 1 is 1.28 bits per heavy atom. The normalized spacial score (nSPS) is 20.8. The summed E-state index contributed by atoms with van der Waals surface area (Å²) in [6.45, 7) is 6.62. The second-order valence-corrected chi connectivity index (χ2v) is 10.7. The van der Waals surface area contributed by atoms with Crippen LogP contribution in [-0.4, -0.2) is 5.97 Å². The number of thiophene rings is 1. The number of hydrogen-bond acceptors (Lipinski definition) is 3. The minimum atomic E-state index is -0.117. The van der Waals surface area contributed by atoms with Crippen LogP contribution in [0.25, 0.3) is 10.4 Å². The number of carbonyl (C=O) groups excluding carboxylic acids is 1. The number of benzene rings is 1. The minimum Gasteiger partial charge on any atom is -0.461 e. The van der Waals surface area contributed by atoms with Gasteiger partial charge in [-0.3, -0.25) is 4.79 Å². The van der Waals surface area contributed by atoms with Crippen molar-refractivity contribution >= 4 is 49.2 Å². The second kappa shape index (κ2) is 7.37. The van der Waals surface area contributed by atoms with Gasteiger partial charge in [0.05, 0.1) is 9.31 Å². The molecular weight excluding hydrogens is 464 g/mol. The molecule has 0 amide bonds. The summed E-state index contributed by atoms with van der Waals surface area (Å²) < 4.78 is 6.54. The molecule has 1 saturated carbocycles. The summed E-state index contributed by atoms with van der Waals surface area (Å²) in [5, 5.41) is 2.08. The van der Waals surface area contributed by atoms with Crippen molar-refractivity contribution in [1.29, 1.82) is 0 Å². The van der Waals surface area contributed by atoms with E-state index in [1.807, 2.05) is 18.2 Å². The van der Waals surface area contributed by atoms with E-state index in [9.17, 15) is 4.79 Å². The summed E-state index contributed by atoms with van der Waals surface area (Å²) in [4.78, 5) is 13.8. The third-order valence-corrected chi connectivity index (χ3v) is 6.50. The highest BCUT2D eigenvalue weighted by molar-refractivity contribution is 9.28. The van der Waals surface area contributed by atoms with E-state index in [2.05, 4.69) is 76.2 Å². The Hall–Kier alpha value is -0.910. The van der Waals surface area contributed by atoms with Crippen LogP contribution in [0, 0.1) is 24.2 Å². The molecule has 1 aromatic heterocycles. The number of rotatable bonds is 5. The van der Waals surface area contributed by atoms with Crippen LogP contribution < -0.4 is 0 Å². The highest BCUT2D eigenvalue weighted by Gasteiger charge is 2.61. The van der Waals surface area contributed by atoms with Gasteiger partial charge in [-0.2, -0.15) is 0 Å². The average Bonchev–Trinajstić information content (AvgIpc) is 2.93. The van der Waals surface area contributed by atoms with Gasteiger partial charge in [0.1, 0.15) is 6.61 Å². The number of ether oxygens (including phenoxy) is 1. The molecule has 1 aliphatic rings. The summed E-state index contributed by atoms with van der Waals surface area (Å²) in [6, 6.07) is 10.3. The van der Waals surface area contributed by atoms with E-state index in [1.165, 1.54) is 16.0 Å². The van der Waals surface area contributed by atoms with Gasteiger partial charge in [0, 0.05) is 4.88 Å². The maximum absolute atomic E-state index is 12.5. The second-order valence-electron chi connectivity index (χ2n) is 6.96. The predicted molar refractivity (Wildman–Crippen MR) is 111 cm³/mol. The third-order valence-electron chi connectivity index (χ3n) is 5.07. The van der Waals surface area contributed by atoms with Gasteiger partial charge in [-0.15, -0.1) is 11.3 Å². The first-order chi connectivity index (χ1) is 11.8. The van der Waals surface area contributed by atoms with Gasteiger partial charge < -0.3 is 4.74 Å². The molecular formula is C20H20Br2O2S. The number of hydrogen-bond donors (Lipinski definition) is 0. The van der Waals surface area contributed by atoms with E-state index in [4.69, 9.17) is 4.74 Å². The fraction of sp³-hybridized carbons (Fsp3) is 0.350. The van der Waals surface area contributed by atoms with Crippen LogP contribution in [0.1, 0.15) is 25.0 Å². The molecule has 1 aliphatic carbocycles. The lowest BCUT2D eigenvalue weighted by atomic mass is 10.0. The molecule has 0 radical (unpaired) electrons. The fourth-order valence-electron chi connectivity index (χ4n) is 3.35. The molecule has 0 N–H and O–H groups in total. The van der Waals surface area contributed by atoms with Crippen LogP contribution in [0.2, 0.25) is 0 Å². The van der Waals surface area contributed by atoms with Crippen LogP contribution in [0.15, 0.2) is 45.2 Å². The molecule has 1 heterocycles. The van der Waals surface area contributed by atoms with E-state index in [0.29, 0.717) is 6.61 Å². The maximum atomic E-state index is 12.5. The molecule has 3 rings (SSSR count). The first-order valence-electron chi connectivity index (χ1n) is 8.14. The van der Waals surface area contributed by atoms with E-state index in [0.717, 1.165) is 8.96 Å². The van der Waals surface area contributed by atoms with Crippen molar-refractivity contribution in [3.05, 3.63) is 56.3 Å². The standard InChI is InChI=1S/C20H20Br2O2S/c1-12-13(6-4-7-14(12)16-8-5-9-25-16)11-24-19(23)18-15(10-17(21)22)20(18,2)3/h4-10,15,18H,11H2,1-3H3. The number of halogens is 2. The first-order valence-corrected chi connectivity index (χ1v) is 10.6. The summed E-state index contributed by atoms with van der Waals surface area (Å²) in [5.74, 6) is -0.000823. The van der Waals surface area contributed by atoms with Gasteiger partial charge in [-0.05, 0) is 78.3 Å². The van der Waals surface area contributed by atoms with Crippen LogP contribution in [0.5, 0.6) is 0 Å². The number of carbonyl (C=O) groups is 1. The van der Waals surface area contributed by atoms with Crippen LogP contribution in [0.3, 0.4) is 0 Å². The summed E-state index contributed by atoms with van der Waals surface area (Å²) in [6.07, 6.45) is 2.04. The van der Waals surface area contributed by atoms with Gasteiger partial charge >= 0.3 is 5.97 Å². The lowest BCUT2D eigenvalue weighted by molar-refractivity contribution is -0.147. The van der Waals surface area contributed by atoms with Crippen molar-refractivity contribution in [1.82, 2.24) is 0 Å². The zero-order valence-electron chi connectivity index (χ0n) is 14.4. The zero-order chi connectivity index (χ0) is 18.2. The van der Waals surface area contributed by atoms with E-state index < -0.39 is 0 Å². The van der Waals surface area contributed by atoms with E-state index in [-0.39, 0.29) is 23.2 Å². The minimum absolute atomic E-state index is 0.0578. The Kier molecular flexibility index (Phi) is 5.57. The lowest BCUT2D eigenvalue weighted by Gasteiger charge is -2.11. The Labute approximate surface area is 169 Å². The molecule has 25 heavy (non-hydrogen) atoms. The molecule has 2 unspecified atom stereocenters. The zero-order valence-corrected chi connectivity index (χ0v) is 18.4. The van der Waals surface area contributed by atoms with Crippen molar-refractivity contribution in [3.63, 3.8) is 0 Å². The summed E-state index contributed by atoms with van der Waals surface area (Å²) in [5.41, 5.74) is 3.39. The molecule has 2 nitrogen and oxygen atoms in total. The van der Waals surface area contributed by atoms with Crippen molar-refractivity contribution in [2.45, 2.75) is 27.4 Å². The van der Waals surface area contributed by atoms with E-state index >= 15 is 0 Å². The molecule has 132 valence electrons. The summed E-state index contributed by atoms with van der Waals surface area (Å²) >= 11 is 8.48. The largest absolute Gasteiger partial charge is 0.461 e. The molecule has 5 heteroatoms. The Bertz CT molecular complexity index is 805. The SMILES string of the molecule is Cc1c(COC(=O)C2C(C=C(Br)Br)C2(C)C)cccc1-c1cccs1. The van der Waals surface area contributed by atoms with Gasteiger partial charge in [0.15, 0.2) is 0 Å². The third kappa shape index (κ3) is 3.93. The van der Waals surface area contributed by atoms with Gasteiger partial charge in [-0.1, -0.05) is 44.2 Å². The van der Waals surface area contributed by atoms with Crippen molar-refractivity contribution in [3.8, 4) is 10.4 Å². The first kappa shape index (κ1) is 18.9. The smallest absolute Gasteiger partial charge is 0.310 e. The molecule has 0 aliphatic heterocycles. The Balaban J connectivity index is 1.70. The molecule has 0 spiro atoms. The highest BCUT2D eigenvalue weighted by atomic mass is 79.9. The quantitative estimate of drug-likeness (QED) is 0.444. The van der Waals surface area contributed by atoms with Gasteiger partial charge in [0.2, 0.25) is 0 Å². The van der Waals surface area contributed by atoms with Crippen molar-refractivity contribution in [2.24, 2.45) is 17.3 Å². The van der Waals surface area contributed by atoms with Crippen molar-refractivity contribution < 1.29 is 9.53 Å².